The molecule has 1 saturated carbocycles. The summed E-state index contributed by atoms with van der Waals surface area (Å²) in [6, 6.07) is 16.1. The first-order chi connectivity index (χ1) is 15.1. The summed E-state index contributed by atoms with van der Waals surface area (Å²) in [4.78, 5) is 0. The summed E-state index contributed by atoms with van der Waals surface area (Å²) in [7, 11) is 0. The van der Waals surface area contributed by atoms with Gasteiger partial charge in [0.05, 0.1) is 0 Å². The molecule has 3 aromatic carbocycles. The topological polar surface area (TPSA) is 23.8 Å². The van der Waals surface area contributed by atoms with E-state index >= 15 is 0 Å². The van der Waals surface area contributed by atoms with Crippen molar-refractivity contribution in [1.29, 1.82) is 5.26 Å². The van der Waals surface area contributed by atoms with Gasteiger partial charge in [-0.05, 0) is 67.3 Å². The van der Waals surface area contributed by atoms with Crippen molar-refractivity contribution in [2.24, 2.45) is 5.92 Å². The lowest BCUT2D eigenvalue weighted by atomic mass is 9.77. The molecule has 3 heteroatoms. The van der Waals surface area contributed by atoms with Crippen LogP contribution in [-0.2, 0) is 0 Å². The van der Waals surface area contributed by atoms with Crippen LogP contribution in [0.5, 0.6) is 0 Å². The molecule has 0 spiro atoms. The predicted molar refractivity (Wildman–Crippen MR) is 121 cm³/mol. The van der Waals surface area contributed by atoms with Crippen molar-refractivity contribution in [3.05, 3.63) is 82.4 Å². The lowest BCUT2D eigenvalue weighted by Gasteiger charge is -2.28. The second-order valence-electron chi connectivity index (χ2n) is 8.44. The van der Waals surface area contributed by atoms with Gasteiger partial charge in [0, 0.05) is 21.9 Å². The fraction of sp³-hybridized carbons (Fsp3) is 0.321. The average Bonchev–Trinajstić information content (AvgIpc) is 2.79. The van der Waals surface area contributed by atoms with Crippen molar-refractivity contribution in [3.8, 4) is 17.9 Å². The molecule has 1 fully saturated rings. The zero-order valence-electron chi connectivity index (χ0n) is 17.7. The van der Waals surface area contributed by atoms with Gasteiger partial charge in [-0.2, -0.15) is 5.26 Å². The number of hydrogen-bond acceptors (Lipinski definition) is 1. The van der Waals surface area contributed by atoms with Crippen molar-refractivity contribution < 1.29 is 8.78 Å². The highest BCUT2D eigenvalue weighted by atomic mass is 19.1. The van der Waals surface area contributed by atoms with E-state index in [2.05, 4.69) is 30.9 Å². The van der Waals surface area contributed by atoms with Crippen molar-refractivity contribution in [2.45, 2.75) is 51.4 Å². The van der Waals surface area contributed by atoms with Crippen LogP contribution in [0.15, 0.2) is 48.5 Å². The Labute approximate surface area is 182 Å². The lowest BCUT2D eigenvalue weighted by Crippen LogP contribution is -2.13. The Bertz CT molecular complexity index is 1180. The van der Waals surface area contributed by atoms with Gasteiger partial charge in [0.1, 0.15) is 17.4 Å². The van der Waals surface area contributed by atoms with E-state index < -0.39 is 17.2 Å². The number of nitriles is 1. The van der Waals surface area contributed by atoms with E-state index in [0.717, 1.165) is 11.5 Å². The number of nitrogens with zero attached hydrogens (tertiary/aromatic N) is 1. The Balaban J connectivity index is 1.55. The molecule has 3 aromatic rings. The van der Waals surface area contributed by atoms with Crippen molar-refractivity contribution in [2.75, 3.05) is 0 Å². The highest BCUT2D eigenvalue weighted by molar-refractivity contribution is 5.90. The molecule has 0 bridgehead atoms. The number of rotatable bonds is 3. The molecule has 0 unspecified atom stereocenters. The molecule has 0 amide bonds. The molecule has 0 N–H and O–H groups in total. The van der Waals surface area contributed by atoms with Gasteiger partial charge in [-0.15, -0.1) is 0 Å². The Morgan fingerprint density at radius 1 is 0.935 bits per heavy atom. The number of halogens is 2. The number of hydrogen-bond donors (Lipinski definition) is 0. The zero-order chi connectivity index (χ0) is 21.8. The molecule has 156 valence electrons. The number of fused-ring (bicyclic) bond motifs is 1. The van der Waals surface area contributed by atoms with Crippen LogP contribution in [0.25, 0.3) is 10.8 Å². The fourth-order valence-electron chi connectivity index (χ4n) is 4.73. The van der Waals surface area contributed by atoms with Crippen LogP contribution >= 0.6 is 0 Å². The molecule has 1 aliphatic rings. The smallest absolute Gasteiger partial charge is 0.151 e. The molecule has 1 nitrogen and oxygen atoms in total. The van der Waals surface area contributed by atoms with Gasteiger partial charge in [-0.3, -0.25) is 0 Å². The Morgan fingerprint density at radius 3 is 2.35 bits per heavy atom. The zero-order valence-corrected chi connectivity index (χ0v) is 17.7. The molecule has 0 aliphatic heterocycles. The highest BCUT2D eigenvalue weighted by Gasteiger charge is 2.21. The summed E-state index contributed by atoms with van der Waals surface area (Å²) in [6.45, 7) is 2.26. The third kappa shape index (κ3) is 4.47. The Morgan fingerprint density at radius 2 is 1.68 bits per heavy atom. The first kappa shape index (κ1) is 21.1. The van der Waals surface area contributed by atoms with E-state index in [-0.39, 0.29) is 5.39 Å². The third-order valence-corrected chi connectivity index (χ3v) is 6.45. The summed E-state index contributed by atoms with van der Waals surface area (Å²) < 4.78 is 28.6. The quantitative estimate of drug-likeness (QED) is 0.409. The monoisotopic (exact) mass is 413 g/mol. The third-order valence-electron chi connectivity index (χ3n) is 6.45. The van der Waals surface area contributed by atoms with Gasteiger partial charge >= 0.3 is 0 Å². The molecule has 0 atom stereocenters. The van der Waals surface area contributed by atoms with Crippen LogP contribution in [0, 0.1) is 40.7 Å². The summed E-state index contributed by atoms with van der Waals surface area (Å²) in [5.41, 5.74) is 2.23. The van der Waals surface area contributed by atoms with E-state index in [1.54, 1.807) is 24.3 Å². The van der Waals surface area contributed by atoms with E-state index in [1.165, 1.54) is 50.2 Å². The summed E-state index contributed by atoms with van der Waals surface area (Å²) in [5, 5.41) is 9.56. The maximum Gasteiger partial charge on any atom is 0.151 e. The predicted octanol–water partition coefficient (Wildman–Crippen LogP) is 7.46. The molecular formula is C28H25F2N. The van der Waals surface area contributed by atoms with Gasteiger partial charge in [-0.25, -0.2) is 8.78 Å². The van der Waals surface area contributed by atoms with Crippen LogP contribution in [0.4, 0.5) is 8.78 Å². The summed E-state index contributed by atoms with van der Waals surface area (Å²) in [6.07, 6.45) is 7.78. The van der Waals surface area contributed by atoms with E-state index in [9.17, 15) is 8.78 Å². The molecule has 4 rings (SSSR count). The minimum atomic E-state index is -0.861. The Kier molecular flexibility index (Phi) is 6.34. The van der Waals surface area contributed by atoms with E-state index in [4.69, 9.17) is 5.26 Å². The maximum atomic E-state index is 14.5. The van der Waals surface area contributed by atoms with Crippen LogP contribution in [0.1, 0.15) is 73.6 Å². The van der Waals surface area contributed by atoms with Crippen molar-refractivity contribution >= 4 is 10.8 Å². The lowest BCUT2D eigenvalue weighted by molar-refractivity contribution is 0.308. The molecule has 0 aromatic heterocycles. The highest BCUT2D eigenvalue weighted by Crippen LogP contribution is 2.37. The molecular weight excluding hydrogens is 388 g/mol. The SMILES string of the molecule is CCCC1CCC(c2ccc(C#Cc3cccc4c(F)c(C#N)c(F)cc34)cc2)CC1. The van der Waals surface area contributed by atoms with Gasteiger partial charge in [-0.1, -0.05) is 55.9 Å². The van der Waals surface area contributed by atoms with Crippen LogP contribution in [0.3, 0.4) is 0 Å². The largest absolute Gasteiger partial charge is 0.205 e. The number of benzene rings is 3. The minimum Gasteiger partial charge on any atom is -0.205 e. The summed E-state index contributed by atoms with van der Waals surface area (Å²) in [5.74, 6) is 5.99. The fourth-order valence-corrected chi connectivity index (χ4v) is 4.73. The van der Waals surface area contributed by atoms with Crippen LogP contribution in [-0.4, -0.2) is 0 Å². The molecule has 31 heavy (non-hydrogen) atoms. The van der Waals surface area contributed by atoms with E-state index in [1.807, 2.05) is 12.1 Å². The second-order valence-corrected chi connectivity index (χ2v) is 8.44. The average molecular weight is 414 g/mol. The minimum absolute atomic E-state index is 0.207. The van der Waals surface area contributed by atoms with E-state index in [0.29, 0.717) is 16.9 Å². The van der Waals surface area contributed by atoms with Crippen LogP contribution < -0.4 is 0 Å². The normalized spacial score (nSPS) is 18.3. The Hall–Kier alpha value is -3.17. The summed E-state index contributed by atoms with van der Waals surface area (Å²) >= 11 is 0. The van der Waals surface area contributed by atoms with Crippen LogP contribution in [0.2, 0.25) is 0 Å². The first-order valence-corrected chi connectivity index (χ1v) is 11.0. The molecule has 1 aliphatic carbocycles. The molecule has 0 heterocycles. The van der Waals surface area contributed by atoms with Gasteiger partial charge in [0.2, 0.25) is 0 Å². The first-order valence-electron chi connectivity index (χ1n) is 11.0. The van der Waals surface area contributed by atoms with Gasteiger partial charge in [0.15, 0.2) is 5.82 Å². The second kappa shape index (κ2) is 9.32. The van der Waals surface area contributed by atoms with Gasteiger partial charge in [0.25, 0.3) is 0 Å². The standard InChI is InChI=1S/C28H25F2N/c1-2-4-19-7-12-21(13-8-19)22-14-9-20(10-15-22)11-16-23-5-3-6-24-25(23)17-27(29)26(18-31)28(24)30/h3,5-6,9-10,14-15,17,19,21H,2,4,7-8,12-13H2,1H3. The maximum absolute atomic E-state index is 14.5. The molecule has 0 radical (unpaired) electrons. The van der Waals surface area contributed by atoms with Gasteiger partial charge < -0.3 is 0 Å². The van der Waals surface area contributed by atoms with Crippen molar-refractivity contribution in [3.63, 3.8) is 0 Å². The van der Waals surface area contributed by atoms with Crippen molar-refractivity contribution in [1.82, 2.24) is 0 Å². The molecule has 0 saturated heterocycles.